The first-order valence-electron chi connectivity index (χ1n) is 6.96. The third-order valence-corrected chi connectivity index (χ3v) is 5.69. The zero-order chi connectivity index (χ0) is 14.7. The van der Waals surface area contributed by atoms with Crippen LogP contribution in [0.25, 0.3) is 0 Å². The normalized spacial score (nSPS) is 19.1. The summed E-state index contributed by atoms with van der Waals surface area (Å²) in [5.74, 6) is 0.384. The van der Waals surface area contributed by atoms with Crippen molar-refractivity contribution in [3.05, 3.63) is 4.88 Å². The van der Waals surface area contributed by atoms with Gasteiger partial charge in [0.05, 0.1) is 17.2 Å². The molecule has 1 aromatic heterocycles. The van der Waals surface area contributed by atoms with Crippen molar-refractivity contribution in [3.63, 3.8) is 0 Å². The molecule has 1 saturated heterocycles. The molecule has 0 spiro atoms. The molecule has 2 N–H and O–H groups in total. The number of hydrogen-bond donors (Lipinski definition) is 1. The summed E-state index contributed by atoms with van der Waals surface area (Å²) in [5, 5.41) is 1.13. The number of esters is 1. The average Bonchev–Trinajstić information content (AvgIpc) is 2.76. The number of anilines is 2. The number of thioether (sulfide) groups is 1. The molecule has 0 amide bonds. The fraction of sp³-hybridized carbons (Fsp3) is 0.643. The van der Waals surface area contributed by atoms with Crippen molar-refractivity contribution in [3.8, 4) is 0 Å². The van der Waals surface area contributed by atoms with Gasteiger partial charge in [-0.25, -0.2) is 4.79 Å². The molecule has 2 rings (SSSR count). The monoisotopic (exact) mass is 314 g/mol. The number of nitrogens with two attached hydrogens (primary N) is 1. The lowest BCUT2D eigenvalue weighted by atomic mass is 10.0. The molecule has 0 aromatic carbocycles. The lowest BCUT2D eigenvalue weighted by Gasteiger charge is -2.32. The minimum absolute atomic E-state index is 0.304. The Balaban J connectivity index is 2.32. The first kappa shape index (κ1) is 15.5. The van der Waals surface area contributed by atoms with E-state index in [0.717, 1.165) is 23.0 Å². The average molecular weight is 314 g/mol. The molecule has 1 fully saturated rings. The summed E-state index contributed by atoms with van der Waals surface area (Å²) in [6.07, 6.45) is 4.47. The van der Waals surface area contributed by atoms with Crippen LogP contribution in [0.2, 0.25) is 0 Å². The number of nitrogen functional groups attached to an aromatic ring is 1. The number of ether oxygens (including phenoxy) is 1. The minimum Gasteiger partial charge on any atom is -0.462 e. The first-order chi connectivity index (χ1) is 9.58. The molecule has 1 aliphatic rings. The zero-order valence-corrected chi connectivity index (χ0v) is 13.9. The molecule has 0 radical (unpaired) electrons. The van der Waals surface area contributed by atoms with Gasteiger partial charge in [0.15, 0.2) is 0 Å². The van der Waals surface area contributed by atoms with E-state index in [1.54, 1.807) is 11.8 Å². The molecule has 1 aliphatic heterocycles. The second-order valence-corrected chi connectivity index (χ2v) is 6.91. The van der Waals surface area contributed by atoms with E-state index < -0.39 is 0 Å². The number of thiophene rings is 1. The van der Waals surface area contributed by atoms with Gasteiger partial charge >= 0.3 is 5.97 Å². The Morgan fingerprint density at radius 2 is 2.35 bits per heavy atom. The number of carbonyl (C=O) groups excluding carboxylic acids is 1. The van der Waals surface area contributed by atoms with E-state index in [0.29, 0.717) is 23.1 Å². The highest BCUT2D eigenvalue weighted by Gasteiger charge is 2.26. The third-order valence-electron chi connectivity index (χ3n) is 3.49. The van der Waals surface area contributed by atoms with Crippen LogP contribution in [0.5, 0.6) is 0 Å². The lowest BCUT2D eigenvalue weighted by molar-refractivity contribution is 0.0533. The quantitative estimate of drug-likeness (QED) is 0.681. The van der Waals surface area contributed by atoms with Gasteiger partial charge in [0, 0.05) is 13.1 Å². The molecular weight excluding hydrogens is 292 g/mol. The van der Waals surface area contributed by atoms with Gasteiger partial charge in [-0.3, -0.25) is 0 Å². The number of rotatable bonds is 4. The van der Waals surface area contributed by atoms with Crippen LogP contribution in [0.4, 0.5) is 10.7 Å². The van der Waals surface area contributed by atoms with Gasteiger partial charge in [-0.1, -0.05) is 6.92 Å². The maximum atomic E-state index is 12.0. The largest absolute Gasteiger partial charge is 0.462 e. The second kappa shape index (κ2) is 6.72. The predicted octanol–water partition coefficient (Wildman–Crippen LogP) is 3.47. The van der Waals surface area contributed by atoms with Crippen molar-refractivity contribution < 1.29 is 9.53 Å². The van der Waals surface area contributed by atoms with Crippen LogP contribution in [0, 0.1) is 5.92 Å². The summed E-state index contributed by atoms with van der Waals surface area (Å²) in [7, 11) is 0. The first-order valence-corrected chi connectivity index (χ1v) is 9.00. The molecular formula is C14H22N2O2S2. The molecule has 0 bridgehead atoms. The Morgan fingerprint density at radius 1 is 1.60 bits per heavy atom. The Hall–Kier alpha value is -0.880. The molecule has 2 heterocycles. The highest BCUT2D eigenvalue weighted by atomic mass is 32.2. The van der Waals surface area contributed by atoms with Crippen LogP contribution in [-0.4, -0.2) is 31.9 Å². The van der Waals surface area contributed by atoms with E-state index in [1.165, 1.54) is 24.2 Å². The highest BCUT2D eigenvalue weighted by molar-refractivity contribution is 7.99. The summed E-state index contributed by atoms with van der Waals surface area (Å²) in [4.78, 5) is 15.9. The van der Waals surface area contributed by atoms with Crippen LogP contribution in [0.3, 0.4) is 0 Å². The van der Waals surface area contributed by atoms with Crippen LogP contribution in [0.15, 0.2) is 4.90 Å². The molecule has 0 aliphatic carbocycles. The van der Waals surface area contributed by atoms with E-state index in [4.69, 9.17) is 10.5 Å². The summed E-state index contributed by atoms with van der Waals surface area (Å²) in [5.41, 5.74) is 6.73. The fourth-order valence-electron chi connectivity index (χ4n) is 2.54. The molecule has 20 heavy (non-hydrogen) atoms. The number of carbonyl (C=O) groups is 1. The van der Waals surface area contributed by atoms with Crippen molar-refractivity contribution in [2.75, 3.05) is 36.6 Å². The van der Waals surface area contributed by atoms with Crippen molar-refractivity contribution in [2.24, 2.45) is 5.92 Å². The molecule has 112 valence electrons. The highest BCUT2D eigenvalue weighted by Crippen LogP contribution is 2.45. The van der Waals surface area contributed by atoms with Crippen LogP contribution in [0.1, 0.15) is 36.4 Å². The number of nitrogens with zero attached hydrogens (tertiary/aromatic N) is 1. The van der Waals surface area contributed by atoms with Crippen LogP contribution >= 0.6 is 23.1 Å². The van der Waals surface area contributed by atoms with Gasteiger partial charge < -0.3 is 15.4 Å². The summed E-state index contributed by atoms with van der Waals surface area (Å²) < 4.78 is 5.09. The summed E-state index contributed by atoms with van der Waals surface area (Å²) in [6, 6.07) is 0. The lowest BCUT2D eigenvalue weighted by Crippen LogP contribution is -2.33. The van der Waals surface area contributed by atoms with Crippen molar-refractivity contribution in [1.82, 2.24) is 0 Å². The summed E-state index contributed by atoms with van der Waals surface area (Å²) >= 11 is 3.08. The topological polar surface area (TPSA) is 55.6 Å². The molecule has 1 atom stereocenters. The van der Waals surface area contributed by atoms with Crippen molar-refractivity contribution >= 4 is 39.8 Å². The maximum absolute atomic E-state index is 12.0. The SMILES string of the molecule is CCOC(=O)c1sc(N2CCCC(C)C2)c(SC)c1N. The molecule has 0 saturated carbocycles. The number of hydrogen-bond acceptors (Lipinski definition) is 6. The van der Waals surface area contributed by atoms with Gasteiger partial charge in [-0.2, -0.15) is 0 Å². The zero-order valence-electron chi connectivity index (χ0n) is 12.3. The van der Waals surface area contributed by atoms with Gasteiger partial charge in [-0.05, 0) is 31.9 Å². The Bertz CT molecular complexity index is 488. The van der Waals surface area contributed by atoms with Crippen LogP contribution < -0.4 is 10.6 Å². The van der Waals surface area contributed by atoms with E-state index in [9.17, 15) is 4.79 Å². The van der Waals surface area contributed by atoms with E-state index in [2.05, 4.69) is 11.8 Å². The number of piperidine rings is 1. The second-order valence-electron chi connectivity index (χ2n) is 5.10. The Labute approximate surface area is 128 Å². The van der Waals surface area contributed by atoms with Gasteiger partial charge in [0.1, 0.15) is 9.88 Å². The van der Waals surface area contributed by atoms with Crippen molar-refractivity contribution in [2.45, 2.75) is 31.6 Å². The van der Waals surface area contributed by atoms with Crippen molar-refractivity contribution in [1.29, 1.82) is 0 Å². The minimum atomic E-state index is -0.304. The maximum Gasteiger partial charge on any atom is 0.350 e. The standard InChI is InChI=1S/C14H22N2O2S2/c1-4-18-14(17)12-10(15)11(19-3)13(20-12)16-7-5-6-9(2)8-16/h9H,4-8,15H2,1-3H3. The summed E-state index contributed by atoms with van der Waals surface area (Å²) in [6.45, 7) is 6.54. The van der Waals surface area contributed by atoms with Crippen LogP contribution in [-0.2, 0) is 4.74 Å². The predicted molar refractivity (Wildman–Crippen MR) is 87.1 cm³/mol. The fourth-order valence-corrected chi connectivity index (χ4v) is 4.65. The van der Waals surface area contributed by atoms with Gasteiger partial charge in [-0.15, -0.1) is 23.1 Å². The Morgan fingerprint density at radius 3 is 2.95 bits per heavy atom. The third kappa shape index (κ3) is 3.06. The Kier molecular flexibility index (Phi) is 5.21. The van der Waals surface area contributed by atoms with E-state index in [1.807, 2.05) is 13.2 Å². The van der Waals surface area contributed by atoms with Gasteiger partial charge in [0.25, 0.3) is 0 Å². The van der Waals surface area contributed by atoms with Gasteiger partial charge in [0.2, 0.25) is 0 Å². The smallest absolute Gasteiger partial charge is 0.350 e. The molecule has 1 aromatic rings. The molecule has 4 nitrogen and oxygen atoms in total. The van der Waals surface area contributed by atoms with E-state index >= 15 is 0 Å². The molecule has 1 unspecified atom stereocenters. The van der Waals surface area contributed by atoms with E-state index in [-0.39, 0.29) is 5.97 Å². The molecule has 6 heteroatoms.